The molecule has 2 heteroatoms. The Hall–Kier alpha value is -1.59. The van der Waals surface area contributed by atoms with Gasteiger partial charge in [0.15, 0.2) is 0 Å². The minimum absolute atomic E-state index is 0.310. The van der Waals surface area contributed by atoms with E-state index in [-0.39, 0.29) is 5.82 Å². The van der Waals surface area contributed by atoms with Crippen molar-refractivity contribution in [2.45, 2.75) is 39.2 Å². The highest BCUT2D eigenvalue weighted by Crippen LogP contribution is 2.12. The van der Waals surface area contributed by atoms with Crippen molar-refractivity contribution in [3.63, 3.8) is 0 Å². The molecule has 1 N–H and O–H groups in total. The van der Waals surface area contributed by atoms with Crippen molar-refractivity contribution in [2.75, 3.05) is 0 Å². The van der Waals surface area contributed by atoms with Crippen LogP contribution in [0.4, 0.5) is 4.39 Å². The lowest BCUT2D eigenvalue weighted by atomic mass is 10.1. The van der Waals surface area contributed by atoms with Gasteiger partial charge >= 0.3 is 0 Å². The van der Waals surface area contributed by atoms with Gasteiger partial charge < -0.3 is 5.11 Å². The molecule has 0 atom stereocenters. The molecule has 0 saturated carbocycles. The van der Waals surface area contributed by atoms with Gasteiger partial charge in [0.2, 0.25) is 0 Å². The maximum absolute atomic E-state index is 13.7. The van der Waals surface area contributed by atoms with Crippen LogP contribution >= 0.6 is 0 Å². The number of rotatable bonds is 3. The Labute approximate surface area is 108 Å². The maximum Gasteiger partial charge on any atom is 0.139 e. The zero-order chi connectivity index (χ0) is 13.6. The normalized spacial score (nSPS) is 11.4. The molecule has 0 saturated heterocycles. The van der Waals surface area contributed by atoms with Crippen LogP contribution in [0.2, 0.25) is 0 Å². The summed E-state index contributed by atoms with van der Waals surface area (Å²) in [6, 6.07) is 4.92. The molecule has 0 unspecified atom stereocenters. The zero-order valence-corrected chi connectivity index (χ0v) is 11.1. The number of benzene rings is 1. The van der Waals surface area contributed by atoms with E-state index < -0.39 is 5.60 Å². The average molecular weight is 246 g/mol. The van der Waals surface area contributed by atoms with Crippen LogP contribution in [0.15, 0.2) is 24.3 Å². The van der Waals surface area contributed by atoms with E-state index in [2.05, 4.69) is 18.8 Å². The van der Waals surface area contributed by atoms with E-state index in [0.717, 1.165) is 18.4 Å². The first-order chi connectivity index (χ1) is 8.42. The molecule has 0 radical (unpaired) electrons. The molecule has 0 aliphatic rings. The quantitative estimate of drug-likeness (QED) is 0.805. The van der Waals surface area contributed by atoms with Crippen molar-refractivity contribution in [3.05, 3.63) is 41.2 Å². The second-order valence-corrected chi connectivity index (χ2v) is 4.74. The van der Waals surface area contributed by atoms with Crippen molar-refractivity contribution < 1.29 is 9.50 Å². The summed E-state index contributed by atoms with van der Waals surface area (Å²) < 4.78 is 13.7. The first-order valence-electron chi connectivity index (χ1n) is 6.14. The number of halogens is 1. The van der Waals surface area contributed by atoms with E-state index >= 15 is 0 Å². The Balaban J connectivity index is 2.89. The van der Waals surface area contributed by atoms with Gasteiger partial charge in [0.25, 0.3) is 0 Å². The number of hydrogen-bond donors (Lipinski definition) is 1. The molecule has 1 aromatic rings. The van der Waals surface area contributed by atoms with Crippen LogP contribution < -0.4 is 0 Å². The molecule has 1 rings (SSSR count). The fourth-order valence-electron chi connectivity index (χ4n) is 1.34. The van der Waals surface area contributed by atoms with Crippen LogP contribution in [-0.4, -0.2) is 10.7 Å². The molecule has 0 bridgehead atoms. The van der Waals surface area contributed by atoms with Crippen LogP contribution in [0.25, 0.3) is 6.08 Å². The fraction of sp³-hybridized carbons (Fsp3) is 0.375. The van der Waals surface area contributed by atoms with Gasteiger partial charge in [-0.1, -0.05) is 43.4 Å². The summed E-state index contributed by atoms with van der Waals surface area (Å²) in [5, 5.41) is 9.46. The lowest BCUT2D eigenvalue weighted by molar-refractivity contribution is 0.143. The zero-order valence-electron chi connectivity index (χ0n) is 11.1. The van der Waals surface area contributed by atoms with Crippen LogP contribution in [0, 0.1) is 17.7 Å². The Morgan fingerprint density at radius 2 is 2.11 bits per heavy atom. The largest absolute Gasteiger partial charge is 0.378 e. The fourth-order valence-corrected chi connectivity index (χ4v) is 1.34. The van der Waals surface area contributed by atoms with Gasteiger partial charge in [0.05, 0.1) is 5.56 Å². The summed E-state index contributed by atoms with van der Waals surface area (Å²) in [6.45, 7) is 5.24. The molecule has 96 valence electrons. The topological polar surface area (TPSA) is 20.2 Å². The SMILES string of the molecule is CCCC=Cc1ccc(C#CC(C)(C)O)c(F)c1. The van der Waals surface area contributed by atoms with Crippen LogP contribution in [-0.2, 0) is 0 Å². The minimum Gasteiger partial charge on any atom is -0.378 e. The van der Waals surface area contributed by atoms with Gasteiger partial charge in [-0.05, 0) is 38.0 Å². The van der Waals surface area contributed by atoms with Gasteiger partial charge in [-0.25, -0.2) is 4.39 Å². The summed E-state index contributed by atoms with van der Waals surface area (Å²) in [4.78, 5) is 0. The van der Waals surface area contributed by atoms with Gasteiger partial charge in [-0.2, -0.15) is 0 Å². The number of allylic oxidation sites excluding steroid dienone is 1. The highest BCUT2D eigenvalue weighted by Gasteiger charge is 2.06. The van der Waals surface area contributed by atoms with Crippen molar-refractivity contribution >= 4 is 6.08 Å². The Kier molecular flexibility index (Phi) is 5.12. The van der Waals surface area contributed by atoms with E-state index in [4.69, 9.17) is 0 Å². The molecule has 0 aliphatic heterocycles. The molecular formula is C16H19FO. The second kappa shape index (κ2) is 6.37. The number of hydrogen-bond acceptors (Lipinski definition) is 1. The third kappa shape index (κ3) is 5.16. The van der Waals surface area contributed by atoms with E-state index in [1.807, 2.05) is 18.2 Å². The molecular weight excluding hydrogens is 227 g/mol. The molecule has 0 amide bonds. The first-order valence-corrected chi connectivity index (χ1v) is 6.14. The smallest absolute Gasteiger partial charge is 0.139 e. The molecule has 1 aromatic carbocycles. The third-order valence-corrected chi connectivity index (χ3v) is 2.26. The predicted molar refractivity (Wildman–Crippen MR) is 73.5 cm³/mol. The third-order valence-electron chi connectivity index (χ3n) is 2.26. The molecule has 0 heterocycles. The first kappa shape index (κ1) is 14.5. The molecule has 0 aliphatic carbocycles. The monoisotopic (exact) mass is 246 g/mol. The molecule has 0 spiro atoms. The summed E-state index contributed by atoms with van der Waals surface area (Å²) in [6.07, 6.45) is 5.99. The van der Waals surface area contributed by atoms with E-state index in [9.17, 15) is 9.50 Å². The van der Waals surface area contributed by atoms with E-state index in [0.29, 0.717) is 5.56 Å². The van der Waals surface area contributed by atoms with Gasteiger partial charge in [-0.3, -0.25) is 0 Å². The average Bonchev–Trinajstić information content (AvgIpc) is 2.27. The Morgan fingerprint density at radius 3 is 2.67 bits per heavy atom. The second-order valence-electron chi connectivity index (χ2n) is 4.74. The van der Waals surface area contributed by atoms with Crippen LogP contribution in [0.5, 0.6) is 0 Å². The Morgan fingerprint density at radius 1 is 1.39 bits per heavy atom. The molecule has 0 fully saturated rings. The number of unbranched alkanes of at least 4 members (excludes halogenated alkanes) is 1. The van der Waals surface area contributed by atoms with Crippen LogP contribution in [0.1, 0.15) is 44.7 Å². The van der Waals surface area contributed by atoms with Crippen LogP contribution in [0.3, 0.4) is 0 Å². The number of aliphatic hydroxyl groups is 1. The lowest BCUT2D eigenvalue weighted by Gasteiger charge is -2.06. The highest BCUT2D eigenvalue weighted by molar-refractivity contribution is 5.52. The lowest BCUT2D eigenvalue weighted by Crippen LogP contribution is -2.14. The highest BCUT2D eigenvalue weighted by atomic mass is 19.1. The van der Waals surface area contributed by atoms with Crippen molar-refractivity contribution in [2.24, 2.45) is 0 Å². The van der Waals surface area contributed by atoms with E-state index in [1.54, 1.807) is 19.9 Å². The summed E-state index contributed by atoms with van der Waals surface area (Å²) in [5.41, 5.74) is 0.0334. The summed E-state index contributed by atoms with van der Waals surface area (Å²) in [5.74, 6) is 4.89. The Bertz CT molecular complexity index is 484. The summed E-state index contributed by atoms with van der Waals surface area (Å²) >= 11 is 0. The van der Waals surface area contributed by atoms with Crippen molar-refractivity contribution in [1.29, 1.82) is 0 Å². The molecule has 18 heavy (non-hydrogen) atoms. The van der Waals surface area contributed by atoms with Gasteiger partial charge in [0.1, 0.15) is 11.4 Å². The predicted octanol–water partition coefficient (Wildman–Crippen LogP) is 3.76. The van der Waals surface area contributed by atoms with Gasteiger partial charge in [0, 0.05) is 0 Å². The van der Waals surface area contributed by atoms with Crippen molar-refractivity contribution in [1.82, 2.24) is 0 Å². The van der Waals surface area contributed by atoms with E-state index in [1.165, 1.54) is 6.07 Å². The van der Waals surface area contributed by atoms with Crippen molar-refractivity contribution in [3.8, 4) is 11.8 Å². The summed E-state index contributed by atoms with van der Waals surface area (Å²) in [7, 11) is 0. The maximum atomic E-state index is 13.7. The standard InChI is InChI=1S/C16H19FO/c1-4-5-6-7-13-8-9-14(15(17)12-13)10-11-16(2,3)18/h6-9,12,18H,4-5H2,1-3H3. The minimum atomic E-state index is -1.11. The molecule has 0 aromatic heterocycles. The van der Waals surface area contributed by atoms with Gasteiger partial charge in [-0.15, -0.1) is 0 Å². The molecule has 1 nitrogen and oxygen atoms in total.